The molecule has 0 unspecified atom stereocenters. The summed E-state index contributed by atoms with van der Waals surface area (Å²) in [4.78, 5) is 0. The highest BCUT2D eigenvalue weighted by Crippen LogP contribution is 2.09. The van der Waals surface area contributed by atoms with E-state index in [1.807, 2.05) is 0 Å². The molecule has 0 aromatic carbocycles. The fraction of sp³-hybridized carbons (Fsp3) is 0.545. The van der Waals surface area contributed by atoms with E-state index in [0.717, 1.165) is 13.0 Å². The van der Waals surface area contributed by atoms with Crippen LogP contribution in [-0.4, -0.2) is 16.7 Å². The Kier molecular flexibility index (Phi) is 4.55. The first kappa shape index (κ1) is 11.4. The van der Waals surface area contributed by atoms with E-state index in [-0.39, 0.29) is 0 Å². The fourth-order valence-corrected chi connectivity index (χ4v) is 1.27. The fourth-order valence-electron chi connectivity index (χ4n) is 1.27. The summed E-state index contributed by atoms with van der Waals surface area (Å²) in [7, 11) is 0. The third-order valence-electron chi connectivity index (χ3n) is 2.09. The van der Waals surface area contributed by atoms with Crippen molar-refractivity contribution < 1.29 is 0 Å². The molecule has 0 aliphatic heterocycles. The predicted molar refractivity (Wildman–Crippen MR) is 59.3 cm³/mol. The van der Waals surface area contributed by atoms with Gasteiger partial charge in [-0.05, 0) is 24.8 Å². The van der Waals surface area contributed by atoms with Gasteiger partial charge in [0.05, 0.1) is 11.8 Å². The van der Waals surface area contributed by atoms with Crippen molar-refractivity contribution in [2.24, 2.45) is 5.92 Å². The van der Waals surface area contributed by atoms with Crippen molar-refractivity contribution in [3.05, 3.63) is 17.8 Å². The topological polar surface area (TPSA) is 61.6 Å². The summed E-state index contributed by atoms with van der Waals surface area (Å²) in [6.07, 6.45) is 3.78. The van der Waals surface area contributed by atoms with Crippen LogP contribution >= 0.6 is 0 Å². The zero-order valence-electron chi connectivity index (χ0n) is 9.20. The number of rotatable bonds is 5. The first-order valence-corrected chi connectivity index (χ1v) is 5.19. The molecule has 15 heavy (non-hydrogen) atoms. The quantitative estimate of drug-likeness (QED) is 0.747. The third-order valence-corrected chi connectivity index (χ3v) is 2.09. The van der Waals surface area contributed by atoms with Gasteiger partial charge in [0, 0.05) is 6.54 Å². The average Bonchev–Trinajstić information content (AvgIpc) is 2.24. The predicted octanol–water partition coefficient (Wildman–Crippen LogP) is 2.20. The van der Waals surface area contributed by atoms with Crippen molar-refractivity contribution in [2.45, 2.75) is 26.7 Å². The lowest BCUT2D eigenvalue weighted by Crippen LogP contribution is -2.06. The van der Waals surface area contributed by atoms with Crippen LogP contribution in [0.25, 0.3) is 0 Å². The number of aromatic nitrogens is 2. The van der Waals surface area contributed by atoms with E-state index in [4.69, 9.17) is 5.26 Å². The largest absolute Gasteiger partial charge is 0.367 e. The minimum absolute atomic E-state index is 0.551. The van der Waals surface area contributed by atoms with E-state index in [1.165, 1.54) is 12.6 Å². The molecule has 1 heterocycles. The molecule has 0 aliphatic carbocycles. The lowest BCUT2D eigenvalue weighted by atomic mass is 10.1. The van der Waals surface area contributed by atoms with Crippen LogP contribution < -0.4 is 5.32 Å². The van der Waals surface area contributed by atoms with E-state index in [1.54, 1.807) is 6.07 Å². The summed E-state index contributed by atoms with van der Waals surface area (Å²) in [5.74, 6) is 1.30. The monoisotopic (exact) mass is 204 g/mol. The maximum absolute atomic E-state index is 8.81. The highest BCUT2D eigenvalue weighted by Gasteiger charge is 2.01. The van der Waals surface area contributed by atoms with Crippen LogP contribution in [0.1, 0.15) is 32.3 Å². The van der Waals surface area contributed by atoms with Crippen LogP contribution in [0.2, 0.25) is 0 Å². The maximum Gasteiger partial charge on any atom is 0.166 e. The normalized spacial score (nSPS) is 10.0. The van der Waals surface area contributed by atoms with Gasteiger partial charge in [0.2, 0.25) is 0 Å². The van der Waals surface area contributed by atoms with E-state index in [2.05, 4.69) is 35.4 Å². The molecule has 1 rings (SSSR count). The molecule has 0 spiro atoms. The standard InChI is InChI=1S/C11H16N4/c1-9(2)4-3-6-13-11-10(8-12)5-7-14-15-11/h5,7,9H,3-4,6H2,1-2H3,(H,13,15). The smallest absolute Gasteiger partial charge is 0.166 e. The number of anilines is 1. The number of nitrogens with zero attached hydrogens (tertiary/aromatic N) is 3. The summed E-state index contributed by atoms with van der Waals surface area (Å²) in [6.45, 7) is 5.23. The van der Waals surface area contributed by atoms with Gasteiger partial charge in [-0.1, -0.05) is 13.8 Å². The van der Waals surface area contributed by atoms with Gasteiger partial charge in [0.1, 0.15) is 6.07 Å². The van der Waals surface area contributed by atoms with E-state index < -0.39 is 0 Å². The Balaban J connectivity index is 2.41. The summed E-state index contributed by atoms with van der Waals surface area (Å²) in [5.41, 5.74) is 0.551. The second-order valence-corrected chi connectivity index (χ2v) is 3.87. The molecule has 1 N–H and O–H groups in total. The Hall–Kier alpha value is -1.63. The highest BCUT2D eigenvalue weighted by molar-refractivity contribution is 5.49. The Bertz CT molecular complexity index is 341. The minimum Gasteiger partial charge on any atom is -0.367 e. The minimum atomic E-state index is 0.551. The molecule has 0 aliphatic rings. The van der Waals surface area contributed by atoms with Crippen molar-refractivity contribution >= 4 is 5.82 Å². The Morgan fingerprint density at radius 3 is 3.00 bits per heavy atom. The molecule has 0 amide bonds. The lowest BCUT2D eigenvalue weighted by Gasteiger charge is -2.07. The zero-order chi connectivity index (χ0) is 11.1. The maximum atomic E-state index is 8.81. The van der Waals surface area contributed by atoms with Crippen LogP contribution in [0.4, 0.5) is 5.82 Å². The molecule has 1 aromatic rings. The molecule has 4 heteroatoms. The summed E-state index contributed by atoms with van der Waals surface area (Å²) in [5, 5.41) is 19.6. The molecule has 0 atom stereocenters. The first-order chi connectivity index (χ1) is 7.24. The van der Waals surface area contributed by atoms with E-state index in [9.17, 15) is 0 Å². The number of nitrogens with one attached hydrogen (secondary N) is 1. The zero-order valence-corrected chi connectivity index (χ0v) is 9.20. The van der Waals surface area contributed by atoms with Crippen LogP contribution in [0, 0.1) is 17.2 Å². The molecule has 4 nitrogen and oxygen atoms in total. The Morgan fingerprint density at radius 2 is 2.33 bits per heavy atom. The van der Waals surface area contributed by atoms with Crippen LogP contribution in [0.5, 0.6) is 0 Å². The van der Waals surface area contributed by atoms with Crippen molar-refractivity contribution in [2.75, 3.05) is 11.9 Å². The van der Waals surface area contributed by atoms with Gasteiger partial charge in [-0.15, -0.1) is 5.10 Å². The summed E-state index contributed by atoms with van der Waals surface area (Å²) in [6, 6.07) is 3.74. The molecule has 0 bridgehead atoms. The van der Waals surface area contributed by atoms with Gasteiger partial charge in [-0.3, -0.25) is 0 Å². The molecule has 0 saturated heterocycles. The van der Waals surface area contributed by atoms with Crippen molar-refractivity contribution in [1.82, 2.24) is 10.2 Å². The molecule has 0 saturated carbocycles. The van der Waals surface area contributed by atoms with Gasteiger partial charge >= 0.3 is 0 Å². The molecular weight excluding hydrogens is 188 g/mol. The molecule has 0 radical (unpaired) electrons. The van der Waals surface area contributed by atoms with Gasteiger partial charge in [-0.2, -0.15) is 10.4 Å². The average molecular weight is 204 g/mol. The number of hydrogen-bond acceptors (Lipinski definition) is 4. The van der Waals surface area contributed by atoms with Crippen LogP contribution in [-0.2, 0) is 0 Å². The van der Waals surface area contributed by atoms with Gasteiger partial charge in [0.15, 0.2) is 5.82 Å². The highest BCUT2D eigenvalue weighted by atomic mass is 15.2. The number of hydrogen-bond donors (Lipinski definition) is 1. The Labute approximate surface area is 90.3 Å². The first-order valence-electron chi connectivity index (χ1n) is 5.19. The van der Waals surface area contributed by atoms with Crippen molar-refractivity contribution in [3.63, 3.8) is 0 Å². The summed E-state index contributed by atoms with van der Waals surface area (Å²) < 4.78 is 0. The SMILES string of the molecule is CC(C)CCCNc1nnccc1C#N. The second-order valence-electron chi connectivity index (χ2n) is 3.87. The van der Waals surface area contributed by atoms with Crippen molar-refractivity contribution in [3.8, 4) is 6.07 Å². The summed E-state index contributed by atoms with van der Waals surface area (Å²) >= 11 is 0. The second kappa shape index (κ2) is 5.97. The van der Waals surface area contributed by atoms with E-state index in [0.29, 0.717) is 17.3 Å². The van der Waals surface area contributed by atoms with Crippen molar-refractivity contribution in [1.29, 1.82) is 5.26 Å². The van der Waals surface area contributed by atoms with Gasteiger partial charge in [-0.25, -0.2) is 0 Å². The number of nitriles is 1. The van der Waals surface area contributed by atoms with Crippen LogP contribution in [0.15, 0.2) is 12.3 Å². The van der Waals surface area contributed by atoms with Gasteiger partial charge in [0.25, 0.3) is 0 Å². The lowest BCUT2D eigenvalue weighted by molar-refractivity contribution is 0.566. The molecule has 1 aromatic heterocycles. The van der Waals surface area contributed by atoms with Crippen LogP contribution in [0.3, 0.4) is 0 Å². The van der Waals surface area contributed by atoms with Gasteiger partial charge < -0.3 is 5.32 Å². The van der Waals surface area contributed by atoms with E-state index >= 15 is 0 Å². The molecule has 0 fully saturated rings. The molecular formula is C11H16N4. The Morgan fingerprint density at radius 1 is 1.53 bits per heavy atom. The molecule has 80 valence electrons. The third kappa shape index (κ3) is 3.94.